The zero-order chi connectivity index (χ0) is 19.8. The first-order chi connectivity index (χ1) is 12.7. The van der Waals surface area contributed by atoms with E-state index in [-0.39, 0.29) is 6.04 Å². The number of methoxy groups -OCH3 is 1. The van der Waals surface area contributed by atoms with Crippen molar-refractivity contribution in [3.8, 4) is 5.75 Å². The summed E-state index contributed by atoms with van der Waals surface area (Å²) in [7, 11) is 1.51. The first-order valence-corrected chi connectivity index (χ1v) is 9.29. The van der Waals surface area contributed by atoms with Crippen LogP contribution < -0.4 is 9.64 Å². The van der Waals surface area contributed by atoms with Gasteiger partial charge in [0.05, 0.1) is 7.11 Å². The third-order valence-corrected chi connectivity index (χ3v) is 5.53. The molecule has 2 aromatic rings. The lowest BCUT2D eigenvalue weighted by atomic mass is 9.90. The van der Waals surface area contributed by atoms with Crippen molar-refractivity contribution in [3.05, 3.63) is 58.1 Å². The molecule has 144 valence electrons. The summed E-state index contributed by atoms with van der Waals surface area (Å²) in [6.45, 7) is 2.41. The second kappa shape index (κ2) is 7.54. The largest absolute Gasteiger partial charge is 0.497 e. The fourth-order valence-electron chi connectivity index (χ4n) is 3.53. The van der Waals surface area contributed by atoms with Crippen LogP contribution in [0.3, 0.4) is 0 Å². The molecule has 1 aliphatic rings. The number of fused-ring (bicyclic) bond motifs is 1. The van der Waals surface area contributed by atoms with E-state index in [0.29, 0.717) is 12.3 Å². The molecule has 2 unspecified atom stereocenters. The molecule has 0 aliphatic carbocycles. The number of alkyl halides is 3. The number of Topliss-reactive ketones (excluding diaryl/α,β-unsaturated/α-hetero) is 1. The van der Waals surface area contributed by atoms with Gasteiger partial charge in [-0.2, -0.15) is 13.2 Å². The monoisotopic (exact) mass is 441 g/mol. The van der Waals surface area contributed by atoms with Gasteiger partial charge in [-0.1, -0.05) is 28.1 Å². The summed E-state index contributed by atoms with van der Waals surface area (Å²) in [5.41, 5.74) is 2.59. The summed E-state index contributed by atoms with van der Waals surface area (Å²) >= 11 is 3.40. The number of hydrogen-bond acceptors (Lipinski definition) is 3. The summed E-state index contributed by atoms with van der Waals surface area (Å²) in [4.78, 5) is 13.7. The number of carbonyl (C=O) groups excluding carboxylic acids is 1. The van der Waals surface area contributed by atoms with Gasteiger partial charge >= 0.3 is 6.18 Å². The molecule has 7 heteroatoms. The SMILES string of the molecule is COc1ccc2c(c1)C(CC(=O)C(F)(F)F)C(C)N2Cc1ccc(Br)cc1. The van der Waals surface area contributed by atoms with E-state index in [1.165, 1.54) is 7.11 Å². The molecule has 0 N–H and O–H groups in total. The molecule has 0 radical (unpaired) electrons. The Morgan fingerprint density at radius 2 is 1.85 bits per heavy atom. The van der Waals surface area contributed by atoms with Crippen LogP contribution >= 0.6 is 15.9 Å². The number of hydrogen-bond donors (Lipinski definition) is 0. The van der Waals surface area contributed by atoms with Crippen molar-refractivity contribution in [3.63, 3.8) is 0 Å². The molecule has 2 atom stereocenters. The van der Waals surface area contributed by atoms with E-state index in [1.807, 2.05) is 42.2 Å². The third kappa shape index (κ3) is 4.13. The molecule has 1 aliphatic heterocycles. The highest BCUT2D eigenvalue weighted by Crippen LogP contribution is 2.46. The number of rotatable bonds is 5. The zero-order valence-electron chi connectivity index (χ0n) is 14.9. The Balaban J connectivity index is 1.94. The van der Waals surface area contributed by atoms with Gasteiger partial charge in [0.1, 0.15) is 5.75 Å². The second-order valence-corrected chi connectivity index (χ2v) is 7.57. The van der Waals surface area contributed by atoms with Crippen molar-refractivity contribution < 1.29 is 22.7 Å². The van der Waals surface area contributed by atoms with Crippen LogP contribution in [0.25, 0.3) is 0 Å². The van der Waals surface area contributed by atoms with Crippen LogP contribution in [0.1, 0.15) is 30.4 Å². The Hall–Kier alpha value is -2.02. The molecule has 0 spiro atoms. The molecule has 3 rings (SSSR count). The molecular weight excluding hydrogens is 423 g/mol. The molecule has 3 nitrogen and oxygen atoms in total. The fraction of sp³-hybridized carbons (Fsp3) is 0.350. The van der Waals surface area contributed by atoms with Crippen LogP contribution in [-0.4, -0.2) is 25.1 Å². The molecule has 0 fully saturated rings. The van der Waals surface area contributed by atoms with Crippen molar-refractivity contribution >= 4 is 27.4 Å². The molecule has 0 bridgehead atoms. The van der Waals surface area contributed by atoms with Crippen LogP contribution in [0.4, 0.5) is 18.9 Å². The van der Waals surface area contributed by atoms with Gasteiger partial charge in [0.2, 0.25) is 5.78 Å². The van der Waals surface area contributed by atoms with E-state index >= 15 is 0 Å². The normalized spacial score (nSPS) is 19.1. The molecule has 0 saturated heterocycles. The van der Waals surface area contributed by atoms with E-state index in [2.05, 4.69) is 15.9 Å². The molecule has 2 aromatic carbocycles. The summed E-state index contributed by atoms with van der Waals surface area (Å²) in [6.07, 6.45) is -5.39. The van der Waals surface area contributed by atoms with Crippen molar-refractivity contribution in [1.82, 2.24) is 0 Å². The Kier molecular flexibility index (Phi) is 5.51. The standard InChI is InChI=1S/C20H19BrF3NO2/c1-12-16(10-19(26)20(22,23)24)17-9-15(27-2)7-8-18(17)25(12)11-13-3-5-14(21)6-4-13/h3-9,12,16H,10-11H2,1-2H3. The summed E-state index contributed by atoms with van der Waals surface area (Å²) < 4.78 is 44.7. The molecule has 0 aromatic heterocycles. The summed E-state index contributed by atoms with van der Waals surface area (Å²) in [6, 6.07) is 12.9. The topological polar surface area (TPSA) is 29.5 Å². The van der Waals surface area contributed by atoms with Crippen molar-refractivity contribution in [2.75, 3.05) is 12.0 Å². The van der Waals surface area contributed by atoms with Crippen molar-refractivity contribution in [1.29, 1.82) is 0 Å². The van der Waals surface area contributed by atoms with Crippen LogP contribution in [0.5, 0.6) is 5.75 Å². The highest BCUT2D eigenvalue weighted by Gasteiger charge is 2.44. The molecule has 0 saturated carbocycles. The van der Waals surface area contributed by atoms with Gasteiger partial charge in [-0.05, 0) is 48.4 Å². The lowest BCUT2D eigenvalue weighted by Crippen LogP contribution is -2.33. The van der Waals surface area contributed by atoms with Crippen LogP contribution in [-0.2, 0) is 11.3 Å². The number of nitrogens with zero attached hydrogens (tertiary/aromatic N) is 1. The van der Waals surface area contributed by atoms with Gasteiger partial charge in [-0.3, -0.25) is 4.79 Å². The number of ketones is 1. The summed E-state index contributed by atoms with van der Waals surface area (Å²) in [5.74, 6) is -1.67. The predicted molar refractivity (Wildman–Crippen MR) is 101 cm³/mol. The Morgan fingerprint density at radius 1 is 1.19 bits per heavy atom. The Morgan fingerprint density at radius 3 is 2.44 bits per heavy atom. The lowest BCUT2D eigenvalue weighted by Gasteiger charge is -2.27. The molecule has 1 heterocycles. The maximum Gasteiger partial charge on any atom is 0.449 e. The number of carbonyl (C=O) groups is 1. The Bertz CT molecular complexity index is 836. The average Bonchev–Trinajstić information content (AvgIpc) is 2.87. The number of anilines is 1. The van der Waals surface area contributed by atoms with E-state index in [9.17, 15) is 18.0 Å². The minimum atomic E-state index is -4.82. The van der Waals surface area contributed by atoms with Crippen molar-refractivity contribution in [2.45, 2.75) is 38.0 Å². The van der Waals surface area contributed by atoms with Gasteiger partial charge in [0, 0.05) is 35.1 Å². The number of ether oxygens (including phenoxy) is 1. The zero-order valence-corrected chi connectivity index (χ0v) is 16.5. The number of benzene rings is 2. The number of halogens is 4. The lowest BCUT2D eigenvalue weighted by molar-refractivity contribution is -0.171. The molecule has 27 heavy (non-hydrogen) atoms. The van der Waals surface area contributed by atoms with Gasteiger partial charge < -0.3 is 9.64 Å². The fourth-order valence-corrected chi connectivity index (χ4v) is 3.79. The van der Waals surface area contributed by atoms with E-state index in [4.69, 9.17) is 4.74 Å². The van der Waals surface area contributed by atoms with E-state index in [0.717, 1.165) is 21.3 Å². The van der Waals surface area contributed by atoms with Crippen LogP contribution in [0.2, 0.25) is 0 Å². The van der Waals surface area contributed by atoms with E-state index < -0.39 is 24.3 Å². The molecule has 0 amide bonds. The van der Waals surface area contributed by atoms with Crippen LogP contribution in [0, 0.1) is 0 Å². The summed E-state index contributed by atoms with van der Waals surface area (Å²) in [5, 5.41) is 0. The highest BCUT2D eigenvalue weighted by molar-refractivity contribution is 9.10. The van der Waals surface area contributed by atoms with Gasteiger partial charge in [-0.25, -0.2) is 0 Å². The first-order valence-electron chi connectivity index (χ1n) is 8.49. The second-order valence-electron chi connectivity index (χ2n) is 6.65. The smallest absolute Gasteiger partial charge is 0.449 e. The van der Waals surface area contributed by atoms with Gasteiger partial charge in [0.25, 0.3) is 0 Å². The average molecular weight is 442 g/mol. The van der Waals surface area contributed by atoms with Crippen molar-refractivity contribution in [2.24, 2.45) is 0 Å². The van der Waals surface area contributed by atoms with E-state index in [1.54, 1.807) is 12.1 Å². The van der Waals surface area contributed by atoms with Gasteiger partial charge in [-0.15, -0.1) is 0 Å². The predicted octanol–water partition coefficient (Wildman–Crippen LogP) is 5.47. The first kappa shape index (κ1) is 19.7. The van der Waals surface area contributed by atoms with Gasteiger partial charge in [0.15, 0.2) is 0 Å². The minimum absolute atomic E-state index is 0.248. The maximum atomic E-state index is 12.8. The minimum Gasteiger partial charge on any atom is -0.497 e. The molecular formula is C20H19BrF3NO2. The Labute approximate surface area is 164 Å². The third-order valence-electron chi connectivity index (χ3n) is 5.01. The highest BCUT2D eigenvalue weighted by atomic mass is 79.9. The quantitative estimate of drug-likeness (QED) is 0.615. The van der Waals surface area contributed by atoms with Crippen LogP contribution in [0.15, 0.2) is 46.9 Å². The maximum absolute atomic E-state index is 12.8.